The maximum absolute atomic E-state index is 5.54. The van der Waals surface area contributed by atoms with Crippen molar-refractivity contribution in [3.05, 3.63) is 0 Å². The molecule has 2 aliphatic rings. The van der Waals surface area contributed by atoms with Crippen molar-refractivity contribution in [2.45, 2.75) is 25.3 Å². The van der Waals surface area contributed by atoms with Crippen LogP contribution < -0.4 is 5.32 Å². The Balaban J connectivity index is 1.89. The highest BCUT2D eigenvalue weighted by Gasteiger charge is 2.36. The highest BCUT2D eigenvalue weighted by Crippen LogP contribution is 2.32. The maximum atomic E-state index is 5.54. The third-order valence-corrected chi connectivity index (χ3v) is 4.64. The Labute approximate surface area is 112 Å². The molecule has 4 heteroatoms. The van der Waals surface area contributed by atoms with Gasteiger partial charge in [-0.2, -0.15) is 0 Å². The van der Waals surface area contributed by atoms with Gasteiger partial charge in [-0.1, -0.05) is 0 Å². The van der Waals surface area contributed by atoms with Crippen molar-refractivity contribution < 1.29 is 4.74 Å². The Morgan fingerprint density at radius 2 is 2.06 bits per heavy atom. The molecule has 0 saturated carbocycles. The van der Waals surface area contributed by atoms with Gasteiger partial charge in [-0.25, -0.2) is 0 Å². The number of nitrogens with one attached hydrogen (secondary N) is 1. The summed E-state index contributed by atoms with van der Waals surface area (Å²) in [5.41, 5.74) is 0.439. The smallest absolute Gasteiger partial charge is 0.0472 e. The molecule has 2 heterocycles. The zero-order valence-corrected chi connectivity index (χ0v) is 12.2. The molecule has 1 atom stereocenters. The average molecular weight is 255 g/mol. The third kappa shape index (κ3) is 3.44. The highest BCUT2D eigenvalue weighted by atomic mass is 16.5. The summed E-state index contributed by atoms with van der Waals surface area (Å²) in [6, 6.07) is 0.747. The predicted molar refractivity (Wildman–Crippen MR) is 74.9 cm³/mol. The first kappa shape index (κ1) is 14.3. The van der Waals surface area contributed by atoms with E-state index in [1.54, 1.807) is 0 Å². The van der Waals surface area contributed by atoms with Crippen molar-refractivity contribution in [2.75, 3.05) is 60.5 Å². The van der Waals surface area contributed by atoms with Crippen LogP contribution in [0.15, 0.2) is 0 Å². The van der Waals surface area contributed by atoms with Gasteiger partial charge in [-0.3, -0.25) is 0 Å². The third-order valence-electron chi connectivity index (χ3n) is 4.64. The van der Waals surface area contributed by atoms with Crippen LogP contribution in [0.2, 0.25) is 0 Å². The van der Waals surface area contributed by atoms with Crippen molar-refractivity contribution in [3.63, 3.8) is 0 Å². The van der Waals surface area contributed by atoms with Crippen molar-refractivity contribution in [1.29, 1.82) is 0 Å². The molecule has 106 valence electrons. The van der Waals surface area contributed by atoms with Crippen LogP contribution in [-0.4, -0.2) is 76.4 Å². The van der Waals surface area contributed by atoms with Crippen molar-refractivity contribution in [1.82, 2.24) is 15.1 Å². The number of likely N-dealkylation sites (N-methyl/N-ethyl adjacent to an activating group) is 1. The summed E-state index contributed by atoms with van der Waals surface area (Å²) in [4.78, 5) is 5.03. The van der Waals surface area contributed by atoms with E-state index in [1.165, 1.54) is 38.9 Å². The topological polar surface area (TPSA) is 27.7 Å². The summed E-state index contributed by atoms with van der Waals surface area (Å²) < 4.78 is 5.54. The van der Waals surface area contributed by atoms with E-state index in [1.807, 2.05) is 0 Å². The van der Waals surface area contributed by atoms with Crippen LogP contribution >= 0.6 is 0 Å². The summed E-state index contributed by atoms with van der Waals surface area (Å²) in [6.45, 7) is 6.73. The minimum atomic E-state index is 0.439. The number of likely N-dealkylation sites (tertiary alicyclic amines) is 1. The molecular weight excluding hydrogens is 226 g/mol. The molecule has 2 fully saturated rings. The Bertz CT molecular complexity index is 246. The molecule has 0 aromatic heterocycles. The Kier molecular flexibility index (Phi) is 5.01. The Morgan fingerprint density at radius 1 is 1.33 bits per heavy atom. The normalized spacial score (nSPS) is 29.0. The molecule has 18 heavy (non-hydrogen) atoms. The van der Waals surface area contributed by atoms with Crippen LogP contribution in [0.4, 0.5) is 0 Å². The van der Waals surface area contributed by atoms with Crippen molar-refractivity contribution in [2.24, 2.45) is 5.41 Å². The fraction of sp³-hybridized carbons (Fsp3) is 1.00. The standard InChI is InChI=1S/C14H29N3O/c1-15-11-14(5-8-18-9-6-14)12-17-7-4-13(10-17)16(2)3/h13,15H,4-12H2,1-3H3. The summed E-state index contributed by atoms with van der Waals surface area (Å²) in [5.74, 6) is 0. The monoisotopic (exact) mass is 255 g/mol. The summed E-state index contributed by atoms with van der Waals surface area (Å²) in [5, 5.41) is 3.39. The number of rotatable bonds is 5. The van der Waals surface area contributed by atoms with Crippen molar-refractivity contribution >= 4 is 0 Å². The van der Waals surface area contributed by atoms with Gasteiger partial charge >= 0.3 is 0 Å². The minimum Gasteiger partial charge on any atom is -0.381 e. The van der Waals surface area contributed by atoms with Gasteiger partial charge in [-0.15, -0.1) is 0 Å². The van der Waals surface area contributed by atoms with Gasteiger partial charge in [0.1, 0.15) is 0 Å². The van der Waals surface area contributed by atoms with Crippen LogP contribution in [0.25, 0.3) is 0 Å². The maximum Gasteiger partial charge on any atom is 0.0472 e. The molecule has 4 nitrogen and oxygen atoms in total. The first-order valence-electron chi connectivity index (χ1n) is 7.26. The van der Waals surface area contributed by atoms with Gasteiger partial charge in [0.15, 0.2) is 0 Å². The van der Waals surface area contributed by atoms with E-state index in [-0.39, 0.29) is 0 Å². The van der Waals surface area contributed by atoms with E-state index in [0.717, 1.165) is 25.8 Å². The molecule has 0 aromatic rings. The second-order valence-corrected chi connectivity index (χ2v) is 6.28. The molecule has 0 spiro atoms. The van der Waals surface area contributed by atoms with E-state index in [4.69, 9.17) is 4.74 Å². The molecule has 2 saturated heterocycles. The molecule has 2 aliphatic heterocycles. The molecule has 0 bridgehead atoms. The summed E-state index contributed by atoms with van der Waals surface area (Å²) >= 11 is 0. The minimum absolute atomic E-state index is 0.439. The Morgan fingerprint density at radius 3 is 2.61 bits per heavy atom. The lowest BCUT2D eigenvalue weighted by Crippen LogP contribution is -2.46. The van der Waals surface area contributed by atoms with E-state index in [2.05, 4.69) is 36.3 Å². The molecule has 2 rings (SSSR count). The van der Waals surface area contributed by atoms with Gasteiger partial charge in [0.05, 0.1) is 0 Å². The summed E-state index contributed by atoms with van der Waals surface area (Å²) in [7, 11) is 6.47. The van der Waals surface area contributed by atoms with Crippen LogP contribution in [-0.2, 0) is 4.74 Å². The molecular formula is C14H29N3O. The first-order chi connectivity index (χ1) is 8.65. The van der Waals surface area contributed by atoms with E-state index >= 15 is 0 Å². The number of ether oxygens (including phenoxy) is 1. The largest absolute Gasteiger partial charge is 0.381 e. The molecule has 0 aromatic carbocycles. The zero-order chi connectivity index (χ0) is 13.0. The lowest BCUT2D eigenvalue weighted by Gasteiger charge is -2.40. The summed E-state index contributed by atoms with van der Waals surface area (Å²) in [6.07, 6.45) is 3.73. The van der Waals surface area contributed by atoms with Gasteiger partial charge in [0.2, 0.25) is 0 Å². The van der Waals surface area contributed by atoms with Gasteiger partial charge < -0.3 is 19.9 Å². The fourth-order valence-electron chi connectivity index (χ4n) is 3.42. The van der Waals surface area contributed by atoms with Crippen molar-refractivity contribution in [3.8, 4) is 0 Å². The first-order valence-corrected chi connectivity index (χ1v) is 7.26. The molecule has 0 amide bonds. The SMILES string of the molecule is CNCC1(CN2CCC(N(C)C)C2)CCOCC1. The highest BCUT2D eigenvalue weighted by molar-refractivity contribution is 4.90. The number of hydrogen-bond donors (Lipinski definition) is 1. The second kappa shape index (κ2) is 6.33. The van der Waals surface area contributed by atoms with Crippen LogP contribution in [0.5, 0.6) is 0 Å². The van der Waals surface area contributed by atoms with E-state index < -0.39 is 0 Å². The predicted octanol–water partition coefficient (Wildman–Crippen LogP) is 0.639. The molecule has 0 radical (unpaired) electrons. The van der Waals surface area contributed by atoms with Gasteiger partial charge in [0, 0.05) is 38.9 Å². The van der Waals surface area contributed by atoms with E-state index in [0.29, 0.717) is 5.41 Å². The zero-order valence-electron chi connectivity index (χ0n) is 12.2. The lowest BCUT2D eigenvalue weighted by molar-refractivity contribution is -0.000755. The Hall–Kier alpha value is -0.160. The van der Waals surface area contributed by atoms with Crippen LogP contribution in [0.3, 0.4) is 0 Å². The average Bonchev–Trinajstić information content (AvgIpc) is 2.79. The van der Waals surface area contributed by atoms with Gasteiger partial charge in [-0.05, 0) is 52.4 Å². The van der Waals surface area contributed by atoms with Crippen LogP contribution in [0.1, 0.15) is 19.3 Å². The molecule has 1 N–H and O–H groups in total. The number of nitrogens with zero attached hydrogens (tertiary/aromatic N) is 2. The second-order valence-electron chi connectivity index (χ2n) is 6.28. The molecule has 0 aliphatic carbocycles. The molecule has 1 unspecified atom stereocenters. The lowest BCUT2D eigenvalue weighted by atomic mass is 9.79. The van der Waals surface area contributed by atoms with Gasteiger partial charge in [0.25, 0.3) is 0 Å². The van der Waals surface area contributed by atoms with Crippen LogP contribution in [0, 0.1) is 5.41 Å². The van der Waals surface area contributed by atoms with E-state index in [9.17, 15) is 0 Å². The number of hydrogen-bond acceptors (Lipinski definition) is 4. The fourth-order valence-corrected chi connectivity index (χ4v) is 3.42. The quantitative estimate of drug-likeness (QED) is 0.780.